The van der Waals surface area contributed by atoms with E-state index in [9.17, 15) is 14.7 Å². The fourth-order valence-electron chi connectivity index (χ4n) is 1.73. The summed E-state index contributed by atoms with van der Waals surface area (Å²) in [5.74, 6) is -0.973. The fourth-order valence-corrected chi connectivity index (χ4v) is 2.11. The minimum absolute atomic E-state index is 0.0216. The molecule has 0 spiro atoms. The van der Waals surface area contributed by atoms with Gasteiger partial charge in [-0.2, -0.15) is 5.10 Å². The molecular weight excluding hydrogens is 353 g/mol. The number of hydrazone groups is 1. The van der Waals surface area contributed by atoms with E-state index in [1.54, 1.807) is 18.2 Å². The van der Waals surface area contributed by atoms with Gasteiger partial charge in [-0.25, -0.2) is 5.43 Å². The summed E-state index contributed by atoms with van der Waals surface area (Å²) in [4.78, 5) is 23.5. The maximum Gasteiger partial charge on any atom is 0.259 e. The highest BCUT2D eigenvalue weighted by Gasteiger charge is 2.08. The second kappa shape index (κ2) is 8.33. The van der Waals surface area contributed by atoms with E-state index in [0.717, 1.165) is 0 Å². The normalized spacial score (nSPS) is 10.6. The van der Waals surface area contributed by atoms with Crippen molar-refractivity contribution in [2.75, 3.05) is 6.54 Å². The topological polar surface area (TPSA) is 90.8 Å². The molecular formula is C16H13Cl2N3O3. The Kier molecular flexibility index (Phi) is 6.17. The lowest BCUT2D eigenvalue weighted by atomic mass is 10.2. The molecule has 2 aromatic rings. The van der Waals surface area contributed by atoms with Gasteiger partial charge < -0.3 is 10.4 Å². The molecule has 0 bridgehead atoms. The van der Waals surface area contributed by atoms with Gasteiger partial charge in [0.25, 0.3) is 11.8 Å². The van der Waals surface area contributed by atoms with E-state index in [1.165, 1.54) is 30.5 Å². The molecule has 0 saturated heterocycles. The van der Waals surface area contributed by atoms with Crippen LogP contribution in [-0.4, -0.2) is 29.7 Å². The van der Waals surface area contributed by atoms with Crippen LogP contribution in [0.5, 0.6) is 5.75 Å². The van der Waals surface area contributed by atoms with E-state index in [-0.39, 0.29) is 12.3 Å². The number of carbonyl (C=O) groups excluding carboxylic acids is 2. The molecule has 2 rings (SSSR count). The van der Waals surface area contributed by atoms with Crippen LogP contribution < -0.4 is 10.7 Å². The average Bonchev–Trinajstić information content (AvgIpc) is 2.56. The monoisotopic (exact) mass is 365 g/mol. The molecule has 0 saturated carbocycles. The molecule has 2 amide bonds. The van der Waals surface area contributed by atoms with E-state index in [0.29, 0.717) is 21.2 Å². The van der Waals surface area contributed by atoms with Gasteiger partial charge in [-0.1, -0.05) is 29.3 Å². The van der Waals surface area contributed by atoms with Crippen LogP contribution in [0.3, 0.4) is 0 Å². The molecule has 2 aromatic carbocycles. The zero-order chi connectivity index (χ0) is 17.5. The van der Waals surface area contributed by atoms with Gasteiger partial charge in [-0.3, -0.25) is 9.59 Å². The minimum Gasteiger partial charge on any atom is -0.507 e. The third-order valence-corrected chi connectivity index (χ3v) is 3.35. The molecule has 0 radical (unpaired) electrons. The maximum absolute atomic E-state index is 11.8. The van der Waals surface area contributed by atoms with Crippen molar-refractivity contribution in [3.8, 4) is 5.75 Å². The first-order chi connectivity index (χ1) is 11.5. The second-order valence-corrected chi connectivity index (χ2v) is 5.56. The van der Waals surface area contributed by atoms with Crippen LogP contribution in [0, 0.1) is 0 Å². The number of benzene rings is 2. The molecule has 6 nitrogen and oxygen atoms in total. The van der Waals surface area contributed by atoms with E-state index in [4.69, 9.17) is 23.2 Å². The first-order valence-electron chi connectivity index (χ1n) is 6.80. The fraction of sp³-hybridized carbons (Fsp3) is 0.0625. The first-order valence-corrected chi connectivity index (χ1v) is 7.55. The van der Waals surface area contributed by atoms with Crippen molar-refractivity contribution in [1.29, 1.82) is 0 Å². The second-order valence-electron chi connectivity index (χ2n) is 4.69. The van der Waals surface area contributed by atoms with Gasteiger partial charge in [0.2, 0.25) is 0 Å². The lowest BCUT2D eigenvalue weighted by Gasteiger charge is -2.04. The van der Waals surface area contributed by atoms with Crippen LogP contribution in [0.2, 0.25) is 10.0 Å². The van der Waals surface area contributed by atoms with E-state index >= 15 is 0 Å². The molecule has 0 aliphatic heterocycles. The molecule has 0 aromatic heterocycles. The third kappa shape index (κ3) is 5.26. The lowest BCUT2D eigenvalue weighted by Crippen LogP contribution is -2.34. The number of nitrogens with one attached hydrogen (secondary N) is 2. The Morgan fingerprint density at radius 2 is 1.88 bits per heavy atom. The maximum atomic E-state index is 11.8. The van der Waals surface area contributed by atoms with Gasteiger partial charge in [0, 0.05) is 21.2 Å². The van der Waals surface area contributed by atoms with E-state index in [2.05, 4.69) is 15.8 Å². The largest absolute Gasteiger partial charge is 0.507 e. The van der Waals surface area contributed by atoms with E-state index < -0.39 is 11.8 Å². The molecule has 0 heterocycles. The molecule has 0 atom stereocenters. The summed E-state index contributed by atoms with van der Waals surface area (Å²) in [6.45, 7) is -0.260. The smallest absolute Gasteiger partial charge is 0.259 e. The predicted octanol–water partition coefficient (Wildman–Crippen LogP) is 2.58. The van der Waals surface area contributed by atoms with Crippen molar-refractivity contribution >= 4 is 41.2 Å². The molecule has 124 valence electrons. The Hall–Kier alpha value is -2.57. The van der Waals surface area contributed by atoms with Crippen molar-refractivity contribution in [3.05, 3.63) is 63.6 Å². The summed E-state index contributed by atoms with van der Waals surface area (Å²) in [7, 11) is 0. The van der Waals surface area contributed by atoms with Crippen LogP contribution in [0.1, 0.15) is 15.9 Å². The summed E-state index contributed by atoms with van der Waals surface area (Å²) in [5, 5.41) is 16.6. The molecule has 0 fully saturated rings. The van der Waals surface area contributed by atoms with Gasteiger partial charge in [0.1, 0.15) is 5.75 Å². The Morgan fingerprint density at radius 1 is 1.12 bits per heavy atom. The quantitative estimate of drug-likeness (QED) is 0.561. The minimum atomic E-state index is -0.525. The van der Waals surface area contributed by atoms with Crippen molar-refractivity contribution in [2.24, 2.45) is 5.10 Å². The predicted molar refractivity (Wildman–Crippen MR) is 92.6 cm³/mol. The number of phenols is 1. The Balaban J connectivity index is 1.84. The van der Waals surface area contributed by atoms with E-state index in [1.807, 2.05) is 0 Å². The number of nitrogens with zero attached hydrogens (tertiary/aromatic N) is 1. The number of halogens is 2. The van der Waals surface area contributed by atoms with Gasteiger partial charge in [0.15, 0.2) is 0 Å². The number of aromatic hydroxyl groups is 1. The third-order valence-electron chi connectivity index (χ3n) is 2.88. The first kappa shape index (κ1) is 17.8. The van der Waals surface area contributed by atoms with Crippen molar-refractivity contribution in [1.82, 2.24) is 10.7 Å². The van der Waals surface area contributed by atoms with Crippen LogP contribution in [0.15, 0.2) is 47.6 Å². The zero-order valence-corrected chi connectivity index (χ0v) is 13.8. The molecule has 24 heavy (non-hydrogen) atoms. The van der Waals surface area contributed by atoms with Crippen molar-refractivity contribution in [3.63, 3.8) is 0 Å². The summed E-state index contributed by atoms with van der Waals surface area (Å²) in [6.07, 6.45) is 1.25. The molecule has 0 aliphatic carbocycles. The van der Waals surface area contributed by atoms with Crippen LogP contribution >= 0.6 is 23.2 Å². The summed E-state index contributed by atoms with van der Waals surface area (Å²) >= 11 is 11.6. The van der Waals surface area contributed by atoms with Gasteiger partial charge in [0.05, 0.1) is 12.8 Å². The van der Waals surface area contributed by atoms with Gasteiger partial charge in [-0.05, 0) is 36.4 Å². The number of hydrogen-bond acceptors (Lipinski definition) is 4. The lowest BCUT2D eigenvalue weighted by molar-refractivity contribution is -0.120. The molecule has 0 aliphatic rings. The van der Waals surface area contributed by atoms with Gasteiger partial charge >= 0.3 is 0 Å². The zero-order valence-electron chi connectivity index (χ0n) is 12.3. The molecule has 3 N–H and O–H groups in total. The average molecular weight is 366 g/mol. The summed E-state index contributed by atoms with van der Waals surface area (Å²) < 4.78 is 0. The number of rotatable bonds is 5. The highest BCUT2D eigenvalue weighted by atomic mass is 35.5. The van der Waals surface area contributed by atoms with Crippen LogP contribution in [0.4, 0.5) is 0 Å². The summed E-state index contributed by atoms with van der Waals surface area (Å²) in [6, 6.07) is 10.8. The number of hydrogen-bond donors (Lipinski definition) is 3. The van der Waals surface area contributed by atoms with Crippen molar-refractivity contribution < 1.29 is 14.7 Å². The number of amides is 2. The molecule has 8 heteroatoms. The highest BCUT2D eigenvalue weighted by molar-refractivity contribution is 6.31. The number of phenolic OH excluding ortho intramolecular Hbond substituents is 1. The standard InChI is InChI=1S/C16H13Cl2N3O3/c17-12-3-1-2-10(6-12)16(24)19-9-15(23)21-20-8-11-7-13(18)4-5-14(11)22/h1-8,22H,9H2,(H,19,24)(H,21,23)/b20-8-. The number of carbonyl (C=O) groups is 2. The van der Waals surface area contributed by atoms with Crippen molar-refractivity contribution in [2.45, 2.75) is 0 Å². The summed E-state index contributed by atoms with van der Waals surface area (Å²) in [5.41, 5.74) is 2.93. The SMILES string of the molecule is O=C(CNC(=O)c1cccc(Cl)c1)N/N=C\c1cc(Cl)ccc1O. The highest BCUT2D eigenvalue weighted by Crippen LogP contribution is 2.19. The Morgan fingerprint density at radius 3 is 2.62 bits per heavy atom. The molecule has 0 unspecified atom stereocenters. The Bertz CT molecular complexity index is 794. The van der Waals surface area contributed by atoms with Crippen LogP contribution in [-0.2, 0) is 4.79 Å². The van der Waals surface area contributed by atoms with Gasteiger partial charge in [-0.15, -0.1) is 0 Å². The Labute approximate surface area is 148 Å². The van der Waals surface area contributed by atoms with Crippen LogP contribution in [0.25, 0.3) is 0 Å².